The van der Waals surface area contributed by atoms with Crippen LogP contribution in [0.15, 0.2) is 29.9 Å². The van der Waals surface area contributed by atoms with Gasteiger partial charge in [-0.15, -0.1) is 11.3 Å². The molecule has 0 spiro atoms. The van der Waals surface area contributed by atoms with Gasteiger partial charge in [0, 0.05) is 48.0 Å². The third-order valence-corrected chi connectivity index (χ3v) is 7.91. The summed E-state index contributed by atoms with van der Waals surface area (Å²) in [5.74, 6) is 1.71. The number of hydrogen-bond acceptors (Lipinski definition) is 8. The van der Waals surface area contributed by atoms with Crippen molar-refractivity contribution in [1.29, 1.82) is 0 Å². The number of aromatic amines is 1. The minimum atomic E-state index is 0.210. The van der Waals surface area contributed by atoms with Gasteiger partial charge < -0.3 is 19.7 Å². The van der Waals surface area contributed by atoms with Crippen LogP contribution in [0.1, 0.15) is 25.3 Å². The van der Waals surface area contributed by atoms with Crippen LogP contribution in [0.3, 0.4) is 0 Å². The highest BCUT2D eigenvalue weighted by Crippen LogP contribution is 2.37. The van der Waals surface area contributed by atoms with Crippen LogP contribution >= 0.6 is 11.3 Å². The predicted molar refractivity (Wildman–Crippen MR) is 131 cm³/mol. The van der Waals surface area contributed by atoms with Crippen molar-refractivity contribution in [2.75, 3.05) is 37.8 Å². The van der Waals surface area contributed by atoms with Crippen LogP contribution in [-0.2, 0) is 11.3 Å². The molecule has 4 aromatic rings. The van der Waals surface area contributed by atoms with E-state index in [9.17, 15) is 5.11 Å². The van der Waals surface area contributed by atoms with E-state index in [1.54, 1.807) is 11.3 Å². The number of rotatable bonds is 5. The maximum absolute atomic E-state index is 9.80. The van der Waals surface area contributed by atoms with Gasteiger partial charge in [0.15, 0.2) is 11.6 Å². The molecule has 4 aromatic heterocycles. The van der Waals surface area contributed by atoms with Crippen LogP contribution < -0.4 is 4.90 Å². The molecule has 8 nitrogen and oxygen atoms in total. The lowest BCUT2D eigenvalue weighted by Crippen LogP contribution is -2.44. The molecule has 9 heteroatoms. The molecule has 2 fully saturated rings. The number of thiophene rings is 1. The number of hydrogen-bond donors (Lipinski definition) is 2. The fourth-order valence-electron chi connectivity index (χ4n) is 5.10. The van der Waals surface area contributed by atoms with Crippen LogP contribution in [0.25, 0.3) is 32.6 Å². The zero-order valence-corrected chi connectivity index (χ0v) is 19.5. The molecule has 0 amide bonds. The SMILES string of the molecule is C[C@@H]1COCCN1c1nc(-c2ccnc3[nH]ccc23)nc2c(CN3CCC[C@@H]3CO)csc12. The van der Waals surface area contributed by atoms with E-state index in [1.165, 1.54) is 5.56 Å². The molecule has 2 aliphatic heterocycles. The van der Waals surface area contributed by atoms with E-state index in [-0.39, 0.29) is 18.7 Å². The average Bonchev–Trinajstić information content (AvgIpc) is 3.59. The fraction of sp³-hybridized carbons (Fsp3) is 0.458. The van der Waals surface area contributed by atoms with Gasteiger partial charge in [-0.1, -0.05) is 0 Å². The second-order valence-corrected chi connectivity index (χ2v) is 9.85. The number of nitrogens with one attached hydrogen (secondary N) is 1. The Kier molecular flexibility index (Phi) is 5.49. The Morgan fingerprint density at radius 1 is 1.27 bits per heavy atom. The van der Waals surface area contributed by atoms with Crippen molar-refractivity contribution in [2.24, 2.45) is 0 Å². The highest BCUT2D eigenvalue weighted by Gasteiger charge is 2.28. The summed E-state index contributed by atoms with van der Waals surface area (Å²) in [7, 11) is 0. The van der Waals surface area contributed by atoms with Gasteiger partial charge in [-0.05, 0) is 43.8 Å². The third kappa shape index (κ3) is 3.69. The molecule has 2 saturated heterocycles. The second kappa shape index (κ2) is 8.64. The van der Waals surface area contributed by atoms with Crippen molar-refractivity contribution in [3.05, 3.63) is 35.5 Å². The lowest BCUT2D eigenvalue weighted by Gasteiger charge is -2.34. The van der Waals surface area contributed by atoms with Gasteiger partial charge in [-0.25, -0.2) is 15.0 Å². The Morgan fingerprint density at radius 3 is 3.09 bits per heavy atom. The topological polar surface area (TPSA) is 90.4 Å². The normalized spacial score (nSPS) is 22.1. The molecule has 6 rings (SSSR count). The van der Waals surface area contributed by atoms with Gasteiger partial charge in [0.05, 0.1) is 36.1 Å². The number of fused-ring (bicyclic) bond motifs is 2. The lowest BCUT2D eigenvalue weighted by molar-refractivity contribution is 0.0987. The van der Waals surface area contributed by atoms with Crippen molar-refractivity contribution >= 4 is 38.4 Å². The number of nitrogens with zero attached hydrogens (tertiary/aromatic N) is 5. The fourth-order valence-corrected chi connectivity index (χ4v) is 6.11. The molecular formula is C24H28N6O2S. The summed E-state index contributed by atoms with van der Waals surface area (Å²) in [4.78, 5) is 22.6. The van der Waals surface area contributed by atoms with Gasteiger partial charge in [0.1, 0.15) is 5.65 Å². The summed E-state index contributed by atoms with van der Waals surface area (Å²) in [5, 5.41) is 13.1. The maximum atomic E-state index is 9.80. The Morgan fingerprint density at radius 2 is 2.21 bits per heavy atom. The summed E-state index contributed by atoms with van der Waals surface area (Å²) < 4.78 is 6.83. The summed E-state index contributed by atoms with van der Waals surface area (Å²) in [6.45, 7) is 6.43. The van der Waals surface area contributed by atoms with Gasteiger partial charge in [-0.3, -0.25) is 4.90 Å². The molecule has 0 radical (unpaired) electrons. The number of aromatic nitrogens is 4. The van der Waals surface area contributed by atoms with Crippen LogP contribution in [0, 0.1) is 0 Å². The van der Waals surface area contributed by atoms with Crippen molar-refractivity contribution < 1.29 is 9.84 Å². The molecule has 2 atom stereocenters. The summed E-state index contributed by atoms with van der Waals surface area (Å²) >= 11 is 1.72. The molecule has 6 heterocycles. The monoisotopic (exact) mass is 464 g/mol. The summed E-state index contributed by atoms with van der Waals surface area (Å²) in [6, 6.07) is 4.52. The van der Waals surface area contributed by atoms with Crippen molar-refractivity contribution in [3.8, 4) is 11.4 Å². The standard InChI is InChI=1S/C24H28N6O2S/c1-15-13-32-10-9-30(15)24-21-20(16(14-33-21)11-29-8-2-3-17(29)12-31)27-23(28-24)19-5-7-26-22-18(19)4-6-25-22/h4-7,14-15,17,31H,2-3,8-13H2,1H3,(H,25,26)/t15-,17-/m1/s1. The number of likely N-dealkylation sites (tertiary alicyclic amines) is 1. The Balaban J connectivity index is 1.51. The predicted octanol–water partition coefficient (Wildman–Crippen LogP) is 3.42. The number of aliphatic hydroxyl groups excluding tert-OH is 1. The first-order valence-corrected chi connectivity index (χ1v) is 12.5. The largest absolute Gasteiger partial charge is 0.395 e. The summed E-state index contributed by atoms with van der Waals surface area (Å²) in [5.41, 5.74) is 4.05. The number of aliphatic hydroxyl groups is 1. The summed E-state index contributed by atoms with van der Waals surface area (Å²) in [6.07, 6.45) is 5.90. The number of pyridine rings is 1. The van der Waals surface area contributed by atoms with Crippen molar-refractivity contribution in [2.45, 2.75) is 38.4 Å². The van der Waals surface area contributed by atoms with E-state index in [0.29, 0.717) is 13.2 Å². The maximum Gasteiger partial charge on any atom is 0.163 e. The van der Waals surface area contributed by atoms with Crippen LogP contribution in [-0.4, -0.2) is 74.9 Å². The third-order valence-electron chi connectivity index (χ3n) is 6.89. The first-order chi connectivity index (χ1) is 16.2. The molecule has 0 aromatic carbocycles. The first kappa shape index (κ1) is 21.0. The molecule has 0 aliphatic carbocycles. The van der Waals surface area contributed by atoms with Crippen molar-refractivity contribution in [3.63, 3.8) is 0 Å². The van der Waals surface area contributed by atoms with Crippen LogP contribution in [0.2, 0.25) is 0 Å². The molecule has 2 aliphatic rings. The second-order valence-electron chi connectivity index (χ2n) is 8.97. The van der Waals surface area contributed by atoms with E-state index in [4.69, 9.17) is 14.7 Å². The number of H-pyrrole nitrogens is 1. The van der Waals surface area contributed by atoms with Gasteiger partial charge in [0.25, 0.3) is 0 Å². The molecular weight excluding hydrogens is 436 g/mol. The quantitative estimate of drug-likeness (QED) is 0.468. The minimum absolute atomic E-state index is 0.210. The van der Waals surface area contributed by atoms with Gasteiger partial charge >= 0.3 is 0 Å². The highest BCUT2D eigenvalue weighted by molar-refractivity contribution is 7.18. The van der Waals surface area contributed by atoms with Crippen LogP contribution in [0.4, 0.5) is 5.82 Å². The zero-order chi connectivity index (χ0) is 22.4. The zero-order valence-electron chi connectivity index (χ0n) is 18.7. The molecule has 33 heavy (non-hydrogen) atoms. The first-order valence-electron chi connectivity index (χ1n) is 11.6. The van der Waals surface area contributed by atoms with Gasteiger partial charge in [-0.2, -0.15) is 0 Å². The average molecular weight is 465 g/mol. The minimum Gasteiger partial charge on any atom is -0.395 e. The van der Waals surface area contributed by atoms with E-state index >= 15 is 0 Å². The lowest BCUT2D eigenvalue weighted by atomic mass is 10.1. The number of anilines is 1. The highest BCUT2D eigenvalue weighted by atomic mass is 32.1. The Labute approximate surface area is 196 Å². The molecule has 0 saturated carbocycles. The molecule has 0 bridgehead atoms. The molecule has 0 unspecified atom stereocenters. The van der Waals surface area contributed by atoms with Crippen molar-refractivity contribution in [1.82, 2.24) is 24.8 Å². The van der Waals surface area contributed by atoms with Gasteiger partial charge in [0.2, 0.25) is 0 Å². The van der Waals surface area contributed by atoms with E-state index < -0.39 is 0 Å². The van der Waals surface area contributed by atoms with E-state index in [1.807, 2.05) is 24.5 Å². The smallest absolute Gasteiger partial charge is 0.163 e. The molecule has 172 valence electrons. The van der Waals surface area contributed by atoms with E-state index in [2.05, 4.69) is 32.1 Å². The number of ether oxygens (including phenoxy) is 1. The Hall–Kier alpha value is -2.59. The Bertz CT molecular complexity index is 1290. The molecule has 2 N–H and O–H groups in total. The van der Waals surface area contributed by atoms with Crippen LogP contribution in [0.5, 0.6) is 0 Å². The van der Waals surface area contributed by atoms with E-state index in [0.717, 1.165) is 70.9 Å². The number of morpholine rings is 1.